The number of nitrogens with two attached hydrogens (primary N) is 1. The number of aliphatic imine (C=N–C) groups is 1. The van der Waals surface area contributed by atoms with Gasteiger partial charge in [0, 0.05) is 11.2 Å². The van der Waals surface area contributed by atoms with Gasteiger partial charge in [-0.1, -0.05) is 26.2 Å². The molecular weight excluding hydrogens is 216 g/mol. The summed E-state index contributed by atoms with van der Waals surface area (Å²) in [6.07, 6.45) is 9.16. The normalized spacial score (nSPS) is 32.4. The molecular formula is C13H24N2S. The van der Waals surface area contributed by atoms with Crippen molar-refractivity contribution in [2.75, 3.05) is 5.75 Å². The lowest BCUT2D eigenvalue weighted by atomic mass is 10.1. The largest absolute Gasteiger partial charge is 0.387 e. The fourth-order valence-electron chi connectivity index (χ4n) is 2.98. The average molecular weight is 240 g/mol. The summed E-state index contributed by atoms with van der Waals surface area (Å²) >= 11 is 2.07. The summed E-state index contributed by atoms with van der Waals surface area (Å²) in [6.45, 7) is 2.24. The van der Waals surface area contributed by atoms with E-state index in [1.165, 1.54) is 50.7 Å². The molecule has 2 saturated carbocycles. The number of amidine groups is 1. The zero-order valence-corrected chi connectivity index (χ0v) is 11.1. The Morgan fingerprint density at radius 3 is 2.62 bits per heavy atom. The van der Waals surface area contributed by atoms with E-state index in [9.17, 15) is 0 Å². The van der Waals surface area contributed by atoms with E-state index in [-0.39, 0.29) is 0 Å². The third-order valence-electron chi connectivity index (χ3n) is 3.89. The van der Waals surface area contributed by atoms with Gasteiger partial charge in [0.25, 0.3) is 0 Å². The molecule has 92 valence electrons. The maximum atomic E-state index is 6.16. The standard InChI is InChI=1S/C13H24N2S/c1-2-16-12-9-5-8-11(12)15-13(14)10-6-3-4-7-10/h10-12H,2-9H2,1H3,(H2,14,15). The molecule has 2 nitrogen and oxygen atoms in total. The highest BCUT2D eigenvalue weighted by Crippen LogP contribution is 2.33. The van der Waals surface area contributed by atoms with Gasteiger partial charge in [-0.3, -0.25) is 4.99 Å². The molecule has 2 atom stereocenters. The fraction of sp³-hybridized carbons (Fsp3) is 0.923. The van der Waals surface area contributed by atoms with Gasteiger partial charge in [-0.15, -0.1) is 0 Å². The second-order valence-electron chi connectivity index (χ2n) is 5.03. The molecule has 0 aromatic heterocycles. The van der Waals surface area contributed by atoms with Crippen LogP contribution in [0.3, 0.4) is 0 Å². The molecule has 2 unspecified atom stereocenters. The zero-order valence-electron chi connectivity index (χ0n) is 10.3. The molecule has 2 aliphatic rings. The summed E-state index contributed by atoms with van der Waals surface area (Å²) in [5, 5.41) is 0.741. The molecule has 0 radical (unpaired) electrons. The minimum absolute atomic E-state index is 0.519. The summed E-state index contributed by atoms with van der Waals surface area (Å²) in [6, 6.07) is 0.519. The van der Waals surface area contributed by atoms with Crippen LogP contribution in [-0.4, -0.2) is 22.9 Å². The molecule has 0 spiro atoms. The van der Waals surface area contributed by atoms with Crippen LogP contribution >= 0.6 is 11.8 Å². The Morgan fingerprint density at radius 2 is 1.94 bits per heavy atom. The topological polar surface area (TPSA) is 38.4 Å². The molecule has 0 heterocycles. The molecule has 3 heteroatoms. The highest BCUT2D eigenvalue weighted by molar-refractivity contribution is 7.99. The van der Waals surface area contributed by atoms with E-state index in [1.54, 1.807) is 0 Å². The van der Waals surface area contributed by atoms with Crippen LogP contribution in [0.2, 0.25) is 0 Å². The Morgan fingerprint density at radius 1 is 1.19 bits per heavy atom. The Bertz CT molecular complexity index is 246. The number of thioether (sulfide) groups is 1. The lowest BCUT2D eigenvalue weighted by Crippen LogP contribution is -2.26. The first-order valence-electron chi connectivity index (χ1n) is 6.76. The Hall–Kier alpha value is -0.180. The molecule has 2 aliphatic carbocycles. The van der Waals surface area contributed by atoms with Gasteiger partial charge >= 0.3 is 0 Å². The van der Waals surface area contributed by atoms with E-state index in [4.69, 9.17) is 10.7 Å². The van der Waals surface area contributed by atoms with Crippen LogP contribution in [0.15, 0.2) is 4.99 Å². The first kappa shape index (κ1) is 12.3. The monoisotopic (exact) mass is 240 g/mol. The number of nitrogens with zero attached hydrogens (tertiary/aromatic N) is 1. The molecule has 0 saturated heterocycles. The number of hydrogen-bond acceptors (Lipinski definition) is 2. The molecule has 0 bridgehead atoms. The average Bonchev–Trinajstić information content (AvgIpc) is 2.90. The minimum Gasteiger partial charge on any atom is -0.387 e. The third kappa shape index (κ3) is 2.93. The van der Waals surface area contributed by atoms with Crippen molar-refractivity contribution in [2.45, 2.75) is 63.2 Å². The first-order chi connectivity index (χ1) is 7.81. The van der Waals surface area contributed by atoms with Crippen molar-refractivity contribution in [2.24, 2.45) is 16.6 Å². The number of rotatable bonds is 4. The van der Waals surface area contributed by atoms with E-state index in [2.05, 4.69) is 18.7 Å². The van der Waals surface area contributed by atoms with Crippen molar-refractivity contribution in [3.63, 3.8) is 0 Å². The van der Waals surface area contributed by atoms with Crippen LogP contribution < -0.4 is 5.73 Å². The Balaban J connectivity index is 1.92. The van der Waals surface area contributed by atoms with E-state index >= 15 is 0 Å². The highest BCUT2D eigenvalue weighted by Gasteiger charge is 2.28. The minimum atomic E-state index is 0.519. The van der Waals surface area contributed by atoms with Crippen molar-refractivity contribution < 1.29 is 0 Å². The van der Waals surface area contributed by atoms with Gasteiger partial charge in [-0.05, 0) is 31.4 Å². The quantitative estimate of drug-likeness (QED) is 0.605. The van der Waals surface area contributed by atoms with Crippen LogP contribution in [0.1, 0.15) is 51.9 Å². The van der Waals surface area contributed by atoms with Gasteiger partial charge in [0.15, 0.2) is 0 Å². The highest BCUT2D eigenvalue weighted by atomic mass is 32.2. The van der Waals surface area contributed by atoms with Crippen LogP contribution in [0.25, 0.3) is 0 Å². The van der Waals surface area contributed by atoms with Crippen molar-refractivity contribution in [1.29, 1.82) is 0 Å². The molecule has 0 amide bonds. The zero-order chi connectivity index (χ0) is 11.4. The molecule has 2 N–H and O–H groups in total. The predicted molar refractivity (Wildman–Crippen MR) is 73.1 cm³/mol. The van der Waals surface area contributed by atoms with E-state index in [1.807, 2.05) is 0 Å². The molecule has 2 rings (SSSR count). The smallest absolute Gasteiger partial charge is 0.0972 e. The first-order valence-corrected chi connectivity index (χ1v) is 7.81. The predicted octanol–water partition coefficient (Wildman–Crippen LogP) is 3.21. The lowest BCUT2D eigenvalue weighted by Gasteiger charge is -2.17. The van der Waals surface area contributed by atoms with Gasteiger partial charge in [-0.2, -0.15) is 11.8 Å². The Labute approximate surface area is 103 Å². The maximum absolute atomic E-state index is 6.16. The van der Waals surface area contributed by atoms with Crippen LogP contribution in [0.4, 0.5) is 0 Å². The third-order valence-corrected chi connectivity index (χ3v) is 5.20. The van der Waals surface area contributed by atoms with Gasteiger partial charge in [0.1, 0.15) is 0 Å². The summed E-state index contributed by atoms with van der Waals surface area (Å²) in [4.78, 5) is 4.83. The van der Waals surface area contributed by atoms with Crippen LogP contribution in [-0.2, 0) is 0 Å². The number of hydrogen-bond donors (Lipinski definition) is 1. The van der Waals surface area contributed by atoms with Crippen molar-refractivity contribution in [3.8, 4) is 0 Å². The summed E-state index contributed by atoms with van der Waals surface area (Å²) < 4.78 is 0. The van der Waals surface area contributed by atoms with Gasteiger partial charge in [0.2, 0.25) is 0 Å². The van der Waals surface area contributed by atoms with Crippen LogP contribution in [0, 0.1) is 5.92 Å². The Kier molecular flexibility index (Phi) is 4.56. The second-order valence-corrected chi connectivity index (χ2v) is 6.54. The van der Waals surface area contributed by atoms with Crippen molar-refractivity contribution in [3.05, 3.63) is 0 Å². The summed E-state index contributed by atoms with van der Waals surface area (Å²) in [7, 11) is 0. The van der Waals surface area contributed by atoms with E-state index in [0.29, 0.717) is 12.0 Å². The molecule has 16 heavy (non-hydrogen) atoms. The van der Waals surface area contributed by atoms with E-state index in [0.717, 1.165) is 11.1 Å². The van der Waals surface area contributed by atoms with Gasteiger partial charge in [-0.25, -0.2) is 0 Å². The molecule has 0 aromatic carbocycles. The van der Waals surface area contributed by atoms with Gasteiger partial charge < -0.3 is 5.73 Å². The van der Waals surface area contributed by atoms with Crippen LogP contribution in [0.5, 0.6) is 0 Å². The molecule has 2 fully saturated rings. The maximum Gasteiger partial charge on any atom is 0.0972 e. The SMILES string of the molecule is CCSC1CCCC1N=C(N)C1CCCC1. The van der Waals surface area contributed by atoms with Crippen molar-refractivity contribution in [1.82, 2.24) is 0 Å². The second kappa shape index (κ2) is 5.95. The van der Waals surface area contributed by atoms with E-state index < -0.39 is 0 Å². The lowest BCUT2D eigenvalue weighted by molar-refractivity contribution is 0.673. The summed E-state index contributed by atoms with van der Waals surface area (Å²) in [5.41, 5.74) is 6.16. The fourth-order valence-corrected chi connectivity index (χ4v) is 4.16. The molecule has 0 aromatic rings. The molecule has 0 aliphatic heterocycles. The van der Waals surface area contributed by atoms with Gasteiger partial charge in [0.05, 0.1) is 11.9 Å². The van der Waals surface area contributed by atoms with Crippen molar-refractivity contribution >= 4 is 17.6 Å². The summed E-state index contributed by atoms with van der Waals surface area (Å²) in [5.74, 6) is 2.78.